The molecule has 0 aliphatic carbocycles. The van der Waals surface area contributed by atoms with Gasteiger partial charge in [-0.3, -0.25) is 18.7 Å². The van der Waals surface area contributed by atoms with E-state index in [1.807, 2.05) is 50.2 Å². The molecule has 0 radical (unpaired) electrons. The van der Waals surface area contributed by atoms with Crippen LogP contribution in [0.15, 0.2) is 92.9 Å². The van der Waals surface area contributed by atoms with E-state index in [4.69, 9.17) is 0 Å². The summed E-state index contributed by atoms with van der Waals surface area (Å²) in [6, 6.07) is 19.0. The van der Waals surface area contributed by atoms with Gasteiger partial charge in [0.2, 0.25) is 11.8 Å². The highest BCUT2D eigenvalue weighted by atomic mass is 32.2. The number of imidazole rings is 2. The minimum Gasteiger partial charge on any atom is -0.333 e. The summed E-state index contributed by atoms with van der Waals surface area (Å²) < 4.78 is 69.2. The molecule has 0 saturated heterocycles. The summed E-state index contributed by atoms with van der Waals surface area (Å²) in [6.45, 7) is 3.90. The van der Waals surface area contributed by atoms with Gasteiger partial charge in [-0.15, -0.1) is 0 Å². The molecule has 268 valence electrons. The van der Waals surface area contributed by atoms with Gasteiger partial charge in [-0.2, -0.15) is 16.8 Å². The van der Waals surface area contributed by atoms with Crippen LogP contribution >= 0.6 is 23.5 Å². The zero-order chi connectivity index (χ0) is 37.2. The lowest BCUT2D eigenvalue weighted by atomic mass is 10.1. The number of fused-ring (bicyclic) bond motifs is 2. The van der Waals surface area contributed by atoms with Gasteiger partial charge >= 0.3 is 0 Å². The van der Waals surface area contributed by atoms with Gasteiger partial charge in [-0.25, -0.2) is 9.97 Å². The first-order valence-electron chi connectivity index (χ1n) is 15.3. The summed E-state index contributed by atoms with van der Waals surface area (Å²) in [5, 5.41) is 6.24. The minimum absolute atomic E-state index is 0.0381. The zero-order valence-corrected chi connectivity index (χ0v) is 30.6. The van der Waals surface area contributed by atoms with Crippen molar-refractivity contribution in [1.29, 1.82) is 0 Å². The second-order valence-electron chi connectivity index (χ2n) is 11.6. The van der Waals surface area contributed by atoms with E-state index in [2.05, 4.69) is 30.6 Å². The maximum atomic E-state index is 12.7. The molecule has 2 aromatic heterocycles. The van der Waals surface area contributed by atoms with Crippen LogP contribution in [0.2, 0.25) is 0 Å². The monoisotopic (exact) mass is 778 g/mol. The van der Waals surface area contributed by atoms with E-state index in [1.54, 1.807) is 0 Å². The Labute approximate surface area is 306 Å². The Morgan fingerprint density at radius 1 is 0.654 bits per heavy atom. The Morgan fingerprint density at radius 3 is 1.44 bits per heavy atom. The molecule has 0 unspecified atom stereocenters. The largest absolute Gasteiger partial charge is 0.333 e. The number of carbonyl (C=O) groups is 2. The van der Waals surface area contributed by atoms with Crippen LogP contribution in [0.5, 0.6) is 0 Å². The molecule has 4 aromatic carbocycles. The van der Waals surface area contributed by atoms with Crippen molar-refractivity contribution >= 4 is 101 Å². The number of rotatable bonds is 12. The van der Waals surface area contributed by atoms with Crippen LogP contribution in [0, 0.1) is 13.8 Å². The summed E-state index contributed by atoms with van der Waals surface area (Å²) in [6.07, 6.45) is 2.45. The Bertz CT molecular complexity index is 2440. The standard InChI is InChI=1S/C34H30N6O8S4/c1-19-3-11-25-27(13-19)39-33(37-25)49-17-31(41)35-23-9-7-21(29(15-23)51(43,44)45)5-6-22-8-10-24(16-30(22)52(46,47)48)36-32(42)18-50-34-38-26-12-4-20(2)14-28(26)40-34/h3-16H,17-18H2,1-2H3,(H,35,41)(H,36,42)(H,37,39)(H,38,40)(H,43,44,45)(H,46,47,48)/b6-5+. The summed E-state index contributed by atoms with van der Waals surface area (Å²) in [7, 11) is -9.62. The quantitative estimate of drug-likeness (QED) is 0.0465. The first kappa shape index (κ1) is 36.8. The summed E-state index contributed by atoms with van der Waals surface area (Å²) in [5.74, 6) is -1.01. The van der Waals surface area contributed by atoms with Crippen LogP contribution in [0.1, 0.15) is 22.3 Å². The topological polar surface area (TPSA) is 224 Å². The van der Waals surface area contributed by atoms with Crippen molar-refractivity contribution < 1.29 is 35.5 Å². The number of H-pyrrole nitrogens is 2. The molecule has 18 heteroatoms. The number of benzene rings is 4. The van der Waals surface area contributed by atoms with Crippen LogP contribution in [0.3, 0.4) is 0 Å². The average Bonchev–Trinajstić information content (AvgIpc) is 3.68. The van der Waals surface area contributed by atoms with Gasteiger partial charge in [0.1, 0.15) is 9.79 Å². The first-order valence-corrected chi connectivity index (χ1v) is 20.1. The highest BCUT2D eigenvalue weighted by molar-refractivity contribution is 8.00. The summed E-state index contributed by atoms with van der Waals surface area (Å²) >= 11 is 2.31. The fourth-order valence-corrected chi connectivity index (χ4v) is 7.91. The third kappa shape index (κ3) is 9.08. The molecule has 6 rings (SSSR count). The molecule has 52 heavy (non-hydrogen) atoms. The molecule has 0 bridgehead atoms. The van der Waals surface area contributed by atoms with Crippen LogP contribution in [-0.2, 0) is 29.8 Å². The molecular formula is C34H30N6O8S4. The fraction of sp³-hybridized carbons (Fsp3) is 0.118. The predicted octanol–water partition coefficient (Wildman–Crippen LogP) is 6.18. The molecule has 2 amide bonds. The van der Waals surface area contributed by atoms with Gasteiger partial charge in [-0.05, 0) is 84.6 Å². The normalized spacial score (nSPS) is 12.2. The Kier molecular flexibility index (Phi) is 10.6. The van der Waals surface area contributed by atoms with Gasteiger partial charge < -0.3 is 20.6 Å². The molecular weight excluding hydrogens is 749 g/mol. The van der Waals surface area contributed by atoms with Crippen molar-refractivity contribution in [2.75, 3.05) is 22.1 Å². The molecule has 0 aliphatic rings. The SMILES string of the molecule is Cc1ccc2nc(SCC(=O)Nc3ccc(/C=C/c4ccc(NC(=O)CSc5nc6ccc(C)cc6[nH]5)cc4S(=O)(=O)O)c(S(=O)(=O)O)c3)[nH]c2c1. The van der Waals surface area contributed by atoms with Crippen LogP contribution in [0.25, 0.3) is 34.2 Å². The van der Waals surface area contributed by atoms with E-state index in [0.29, 0.717) is 10.3 Å². The Balaban J connectivity index is 1.13. The third-order valence-corrected chi connectivity index (χ3v) is 11.1. The highest BCUT2D eigenvalue weighted by Crippen LogP contribution is 2.28. The summed E-state index contributed by atoms with van der Waals surface area (Å²) in [5.41, 5.74) is 5.36. The van der Waals surface area contributed by atoms with Crippen molar-refractivity contribution in [1.82, 2.24) is 19.9 Å². The molecule has 14 nitrogen and oxygen atoms in total. The van der Waals surface area contributed by atoms with Gasteiger partial charge in [-0.1, -0.05) is 59.9 Å². The van der Waals surface area contributed by atoms with Gasteiger partial charge in [0, 0.05) is 11.4 Å². The van der Waals surface area contributed by atoms with Gasteiger partial charge in [0.05, 0.1) is 33.6 Å². The number of hydrogen-bond acceptors (Lipinski definition) is 10. The van der Waals surface area contributed by atoms with Crippen LogP contribution in [0.4, 0.5) is 11.4 Å². The number of hydrogen-bond donors (Lipinski definition) is 6. The van der Waals surface area contributed by atoms with E-state index in [1.165, 1.54) is 36.4 Å². The van der Waals surface area contributed by atoms with E-state index in [9.17, 15) is 35.5 Å². The zero-order valence-electron chi connectivity index (χ0n) is 27.4. The van der Waals surface area contributed by atoms with Crippen molar-refractivity contribution in [3.05, 3.63) is 95.1 Å². The smallest absolute Gasteiger partial charge is 0.295 e. The number of amides is 2. The maximum Gasteiger partial charge on any atom is 0.295 e. The molecule has 0 spiro atoms. The van der Waals surface area contributed by atoms with E-state index >= 15 is 0 Å². The maximum absolute atomic E-state index is 12.7. The Hall–Kier alpha value is -4.98. The van der Waals surface area contributed by atoms with E-state index < -0.39 is 41.8 Å². The number of aryl methyl sites for hydroxylation is 2. The molecule has 0 aliphatic heterocycles. The van der Waals surface area contributed by atoms with Crippen molar-refractivity contribution in [2.45, 2.75) is 34.0 Å². The number of aromatic nitrogens is 4. The lowest BCUT2D eigenvalue weighted by Gasteiger charge is -2.10. The van der Waals surface area contributed by atoms with Crippen molar-refractivity contribution in [3.63, 3.8) is 0 Å². The number of thioether (sulfide) groups is 2. The summed E-state index contributed by atoms with van der Waals surface area (Å²) in [4.78, 5) is 39.4. The molecule has 0 fully saturated rings. The predicted molar refractivity (Wildman–Crippen MR) is 202 cm³/mol. The molecule has 0 atom stereocenters. The van der Waals surface area contributed by atoms with Crippen molar-refractivity contribution in [2.24, 2.45) is 0 Å². The van der Waals surface area contributed by atoms with E-state index in [0.717, 1.165) is 68.9 Å². The third-order valence-electron chi connectivity index (χ3n) is 7.50. The van der Waals surface area contributed by atoms with Crippen LogP contribution in [-0.4, -0.2) is 69.2 Å². The molecule has 0 saturated carbocycles. The first-order chi connectivity index (χ1) is 24.6. The average molecular weight is 779 g/mol. The molecule has 6 N–H and O–H groups in total. The lowest BCUT2D eigenvalue weighted by molar-refractivity contribution is -0.114. The molecule has 2 heterocycles. The number of anilines is 2. The highest BCUT2D eigenvalue weighted by Gasteiger charge is 2.19. The number of nitrogens with one attached hydrogen (secondary N) is 4. The fourth-order valence-electron chi connectivity index (χ4n) is 5.12. The minimum atomic E-state index is -4.81. The number of nitrogens with zero attached hydrogens (tertiary/aromatic N) is 2. The van der Waals surface area contributed by atoms with Gasteiger partial charge in [0.15, 0.2) is 10.3 Å². The lowest BCUT2D eigenvalue weighted by Crippen LogP contribution is -2.15. The molecule has 6 aromatic rings. The number of carbonyl (C=O) groups excluding carboxylic acids is 2. The van der Waals surface area contributed by atoms with Crippen LogP contribution < -0.4 is 10.6 Å². The number of aromatic amines is 2. The second-order valence-corrected chi connectivity index (χ2v) is 16.3. The van der Waals surface area contributed by atoms with E-state index in [-0.39, 0.29) is 34.0 Å². The van der Waals surface area contributed by atoms with Crippen molar-refractivity contribution in [3.8, 4) is 0 Å². The van der Waals surface area contributed by atoms with Gasteiger partial charge in [0.25, 0.3) is 20.2 Å². The second kappa shape index (κ2) is 14.9. The Morgan fingerprint density at radius 2 is 1.06 bits per heavy atom.